The van der Waals surface area contributed by atoms with Crippen LogP contribution in [0.5, 0.6) is 0 Å². The van der Waals surface area contributed by atoms with Gasteiger partial charge in [0.15, 0.2) is 0 Å². The van der Waals surface area contributed by atoms with Crippen LogP contribution in [0.3, 0.4) is 0 Å². The van der Waals surface area contributed by atoms with Gasteiger partial charge in [-0.05, 0) is 154 Å². The van der Waals surface area contributed by atoms with Crippen molar-refractivity contribution < 1.29 is 106 Å². The molecule has 0 saturated heterocycles. The molecule has 6 aromatic rings. The third-order valence-electron chi connectivity index (χ3n) is 8.23. The number of rotatable bonds is 6. The van der Waals surface area contributed by atoms with E-state index in [4.69, 9.17) is 58.4 Å². The van der Waals surface area contributed by atoms with Crippen molar-refractivity contribution in [3.63, 3.8) is 0 Å². The quantitative estimate of drug-likeness (QED) is 0.0659. The molecule has 0 bridgehead atoms. The van der Waals surface area contributed by atoms with Crippen LogP contribution in [0, 0.1) is 89.7 Å². The first-order valence-corrected chi connectivity index (χ1v) is 17.1. The molecule has 0 amide bonds. The van der Waals surface area contributed by atoms with Gasteiger partial charge in [-0.1, -0.05) is 0 Å². The van der Waals surface area contributed by atoms with Crippen molar-refractivity contribution in [2.75, 3.05) is 5.34 Å². The SMILES string of the molecule is Cc1cc(C)n([BH-](n2nc(C)cc2C)n2nc(C)cc2C)n1.Cc1cc(C)n([BH-](n2nc(C)cc2C)n2nc(C)cc2C)n1.ClCCl.[C-]#[O+].[I-].[I-].[O-2].[O-2].[W].[W]. The molecular formula is C32H46B2Cl2I2N12O3W2-8. The maximum absolute atomic E-state index is 7.50. The van der Waals surface area contributed by atoms with Gasteiger partial charge < -0.3 is 86.5 Å². The molecule has 0 radical (unpaired) electrons. The molecule has 0 fully saturated rings. The Balaban J connectivity index is -0.000000386. The molecule has 0 aliphatic heterocycles. The number of aromatic nitrogens is 12. The first-order chi connectivity index (χ1) is 23.1. The van der Waals surface area contributed by atoms with Gasteiger partial charge in [-0.2, -0.15) is 0 Å². The molecule has 6 rings (SSSR count). The summed E-state index contributed by atoms with van der Waals surface area (Å²) in [6.07, 6.45) is 0. The molecule has 0 unspecified atom stereocenters. The summed E-state index contributed by atoms with van der Waals surface area (Å²) in [7, 11) is -2.52. The summed E-state index contributed by atoms with van der Waals surface area (Å²) < 4.78 is 19.9. The molecular weight excluding hydrogens is 1310 g/mol. The van der Waals surface area contributed by atoms with E-state index in [1.54, 1.807) is 0 Å². The summed E-state index contributed by atoms with van der Waals surface area (Å²) >= 11 is 9.53. The second-order valence-electron chi connectivity index (χ2n) is 12.5. The zero-order chi connectivity index (χ0) is 36.7. The van der Waals surface area contributed by atoms with Crippen molar-refractivity contribution in [3.05, 3.63) is 111 Å². The van der Waals surface area contributed by atoms with Crippen molar-refractivity contribution in [1.29, 1.82) is 0 Å². The van der Waals surface area contributed by atoms with Gasteiger partial charge in [0, 0.05) is 42.1 Å². The Morgan fingerprint density at radius 3 is 0.600 bits per heavy atom. The number of aryl methyl sites for hydroxylation is 12. The molecule has 6 heterocycles. The van der Waals surface area contributed by atoms with Crippen LogP contribution in [0.2, 0.25) is 0 Å². The molecule has 0 aromatic carbocycles. The summed E-state index contributed by atoms with van der Waals surface area (Å²) in [5.41, 5.74) is 12.8. The number of alkyl halides is 2. The Bertz CT molecular complexity index is 1690. The van der Waals surface area contributed by atoms with Crippen LogP contribution < -0.4 is 48.0 Å². The van der Waals surface area contributed by atoms with E-state index < -0.39 is 14.2 Å². The van der Waals surface area contributed by atoms with E-state index in [1.807, 2.05) is 41.5 Å². The molecule has 306 valence electrons. The molecule has 0 aliphatic rings. The van der Waals surface area contributed by atoms with Gasteiger partial charge in [-0.3, -0.25) is 0 Å². The van der Waals surface area contributed by atoms with E-state index in [1.165, 1.54) is 0 Å². The molecule has 0 atom stereocenters. The molecule has 0 N–H and O–H groups in total. The average Bonchev–Trinajstić information content (AvgIpc) is 3.85. The smallest absolute Gasteiger partial charge is 0 e. The number of hydrogen-bond donors (Lipinski definition) is 0. The zero-order valence-electron chi connectivity index (χ0n) is 33.0. The average molecular weight is 1360 g/mol. The van der Waals surface area contributed by atoms with Crippen molar-refractivity contribution in [1.82, 2.24) is 58.1 Å². The second-order valence-corrected chi connectivity index (χ2v) is 13.3. The van der Waals surface area contributed by atoms with Crippen molar-refractivity contribution in [3.8, 4) is 0 Å². The van der Waals surface area contributed by atoms with Gasteiger partial charge in [0.05, 0.1) is 39.5 Å². The summed E-state index contributed by atoms with van der Waals surface area (Å²) in [6.45, 7) is 29.1. The van der Waals surface area contributed by atoms with Crippen molar-refractivity contribution in [2.24, 2.45) is 0 Å². The monoisotopic (exact) mass is 1360 g/mol. The van der Waals surface area contributed by atoms with Crippen LogP contribution in [-0.4, -0.2) is 77.7 Å². The van der Waals surface area contributed by atoms with Gasteiger partial charge in [0.1, 0.15) is 0 Å². The third-order valence-corrected chi connectivity index (χ3v) is 8.23. The van der Waals surface area contributed by atoms with E-state index >= 15 is 0 Å². The fourth-order valence-electron chi connectivity index (χ4n) is 6.53. The Morgan fingerprint density at radius 1 is 0.418 bits per heavy atom. The molecule has 0 saturated carbocycles. The normalized spacial score (nSPS) is 9.64. The molecule has 0 spiro atoms. The Labute approximate surface area is 397 Å². The zero-order valence-corrected chi connectivity index (χ0v) is 44.7. The topological polar surface area (TPSA) is 184 Å². The number of halogens is 4. The second kappa shape index (κ2) is 27.2. The fourth-order valence-corrected chi connectivity index (χ4v) is 6.53. The molecule has 55 heavy (non-hydrogen) atoms. The predicted octanol–water partition coefficient (Wildman–Crippen LogP) is -1.27. The van der Waals surface area contributed by atoms with Gasteiger partial charge >= 0.3 is 25.5 Å². The van der Waals surface area contributed by atoms with Crippen LogP contribution in [0.1, 0.15) is 68.3 Å². The Hall–Kier alpha value is -1.53. The maximum Gasteiger partial charge on any atom is 0 e. The summed E-state index contributed by atoms with van der Waals surface area (Å²) in [4.78, 5) is 0. The fraction of sp³-hybridized carbons (Fsp3) is 0.406. The number of nitrogens with zero attached hydrogens (tertiary/aromatic N) is 12. The Morgan fingerprint density at radius 2 is 0.527 bits per heavy atom. The summed E-state index contributed by atoms with van der Waals surface area (Å²) in [6, 6.07) is 12.6. The van der Waals surface area contributed by atoms with Gasteiger partial charge in [-0.15, -0.1) is 23.2 Å². The van der Waals surface area contributed by atoms with Gasteiger partial charge in [0.25, 0.3) is 0 Å². The Kier molecular flexibility index (Phi) is 29.8. The van der Waals surface area contributed by atoms with Gasteiger partial charge in [-0.25, -0.2) is 30.6 Å². The van der Waals surface area contributed by atoms with Crippen LogP contribution >= 0.6 is 23.2 Å². The minimum absolute atomic E-state index is 0. The standard InChI is InChI=1S/2C15H22BN6.CH2Cl2.CO.2HI.2O.2W/c2*1-10-7-13(4)20(17-10)16(21-14(5)8-11(2)18-21)22-15(6)9-12(3)19-22;2-1-3;1-2;;;;;;/h2*7-9,16H,1-6H3;1H2;;2*1H;;;;/q2*-1;;;;;2*-2;;/p-2. The third kappa shape index (κ3) is 15.0. The summed E-state index contributed by atoms with van der Waals surface area (Å²) in [5.74, 6) is 0. The summed E-state index contributed by atoms with van der Waals surface area (Å²) in [5, 5.41) is 28.4. The first-order valence-electron chi connectivity index (χ1n) is 16.0. The van der Waals surface area contributed by atoms with Crippen LogP contribution in [0.15, 0.2) is 36.4 Å². The van der Waals surface area contributed by atoms with Crippen molar-refractivity contribution in [2.45, 2.75) is 83.1 Å². The number of hydrogen-bond acceptors (Lipinski definition) is 6. The molecule has 0 aliphatic carbocycles. The molecule has 23 heteroatoms. The van der Waals surface area contributed by atoms with Crippen LogP contribution in [-0.2, 0) is 57.7 Å². The van der Waals surface area contributed by atoms with E-state index in [-0.39, 0.29) is 106 Å². The van der Waals surface area contributed by atoms with Gasteiger partial charge in [0.2, 0.25) is 0 Å². The largest absolute Gasteiger partial charge is 2.00 e. The predicted molar refractivity (Wildman–Crippen MR) is 199 cm³/mol. The van der Waals surface area contributed by atoms with Crippen molar-refractivity contribution >= 4 is 37.4 Å². The molecule has 6 aromatic heterocycles. The minimum atomic E-state index is -1.26. The maximum atomic E-state index is 7.50. The van der Waals surface area contributed by atoms with E-state index in [0.29, 0.717) is 0 Å². The van der Waals surface area contributed by atoms with E-state index in [9.17, 15) is 0 Å². The van der Waals surface area contributed by atoms with Crippen LogP contribution in [0.25, 0.3) is 0 Å². The van der Waals surface area contributed by atoms with Crippen LogP contribution in [0.4, 0.5) is 0 Å². The van der Waals surface area contributed by atoms with E-state index in [2.05, 4.69) is 112 Å². The van der Waals surface area contributed by atoms with E-state index in [0.717, 1.165) is 68.3 Å². The molecule has 15 nitrogen and oxygen atoms in total. The minimum Gasteiger partial charge on any atom is -2.00 e. The first kappa shape index (κ1) is 60.1.